The van der Waals surface area contributed by atoms with Crippen molar-refractivity contribution in [1.82, 2.24) is 0 Å². The zero-order valence-corrected chi connectivity index (χ0v) is 12.2. The molecular formula is C17H15ClO3. The Morgan fingerprint density at radius 3 is 2.19 bits per heavy atom. The van der Waals surface area contributed by atoms with Crippen LogP contribution < -0.4 is 0 Å². The molecule has 2 rings (SSSR count). The third-order valence-electron chi connectivity index (χ3n) is 3.02. The molecule has 0 aliphatic heterocycles. The summed E-state index contributed by atoms with van der Waals surface area (Å²) in [5.41, 5.74) is 2.16. The van der Waals surface area contributed by atoms with Gasteiger partial charge in [-0.05, 0) is 23.3 Å². The first-order chi connectivity index (χ1) is 10.2. The molecule has 0 heterocycles. The Hall–Kier alpha value is -2.13. The van der Waals surface area contributed by atoms with Crippen molar-refractivity contribution in [2.45, 2.75) is 13.0 Å². The molecule has 0 fully saturated rings. The Labute approximate surface area is 128 Å². The summed E-state index contributed by atoms with van der Waals surface area (Å²) in [4.78, 5) is 23.4. The fraction of sp³-hybridized carbons (Fsp3) is 0.176. The van der Waals surface area contributed by atoms with Gasteiger partial charge in [0.15, 0.2) is 5.78 Å². The number of benzene rings is 2. The molecule has 0 radical (unpaired) electrons. The second-order valence-electron chi connectivity index (χ2n) is 4.56. The third kappa shape index (κ3) is 4.43. The maximum atomic E-state index is 11.9. The Kier molecular flexibility index (Phi) is 5.52. The number of Topliss-reactive ketones (excluding diaryl/α,β-unsaturated/α-hetero) is 1. The molecule has 108 valence electrons. The number of carbonyl (C=O) groups excluding carboxylic acids is 2. The van der Waals surface area contributed by atoms with Gasteiger partial charge in [-0.15, -0.1) is 11.6 Å². The Morgan fingerprint density at radius 1 is 0.905 bits per heavy atom. The van der Waals surface area contributed by atoms with Crippen LogP contribution in [0.25, 0.3) is 0 Å². The highest BCUT2D eigenvalue weighted by Gasteiger charge is 2.10. The molecule has 0 bridgehead atoms. The summed E-state index contributed by atoms with van der Waals surface area (Å²) in [5.74, 6) is -0.453. The van der Waals surface area contributed by atoms with Gasteiger partial charge in [-0.25, -0.2) is 4.79 Å². The van der Waals surface area contributed by atoms with Crippen LogP contribution in [0.15, 0.2) is 54.6 Å². The van der Waals surface area contributed by atoms with E-state index in [0.717, 1.165) is 11.1 Å². The molecule has 0 saturated carbocycles. The van der Waals surface area contributed by atoms with E-state index in [1.807, 2.05) is 30.3 Å². The molecular weight excluding hydrogens is 288 g/mol. The fourth-order valence-corrected chi connectivity index (χ4v) is 2.03. The van der Waals surface area contributed by atoms with Crippen LogP contribution in [0.4, 0.5) is 0 Å². The third-order valence-corrected chi connectivity index (χ3v) is 3.32. The van der Waals surface area contributed by atoms with Gasteiger partial charge in [-0.3, -0.25) is 4.79 Å². The minimum Gasteiger partial charge on any atom is -0.457 e. The summed E-state index contributed by atoms with van der Waals surface area (Å²) in [6.45, 7) is 0.138. The van der Waals surface area contributed by atoms with Crippen LogP contribution in [0.5, 0.6) is 0 Å². The van der Waals surface area contributed by atoms with E-state index in [-0.39, 0.29) is 30.7 Å². The van der Waals surface area contributed by atoms with Crippen LogP contribution in [0.2, 0.25) is 0 Å². The van der Waals surface area contributed by atoms with Crippen LogP contribution in [0, 0.1) is 0 Å². The predicted molar refractivity (Wildman–Crippen MR) is 81.4 cm³/mol. The molecule has 0 amide bonds. The van der Waals surface area contributed by atoms with Gasteiger partial charge >= 0.3 is 5.97 Å². The first-order valence-corrected chi connectivity index (χ1v) is 7.11. The van der Waals surface area contributed by atoms with Crippen molar-refractivity contribution < 1.29 is 14.3 Å². The van der Waals surface area contributed by atoms with Crippen molar-refractivity contribution >= 4 is 23.4 Å². The smallest absolute Gasteiger partial charge is 0.338 e. The molecule has 0 aromatic heterocycles. The fourth-order valence-electron chi connectivity index (χ4n) is 1.93. The van der Waals surface area contributed by atoms with Gasteiger partial charge in [0.1, 0.15) is 6.61 Å². The van der Waals surface area contributed by atoms with E-state index >= 15 is 0 Å². The van der Waals surface area contributed by atoms with Crippen molar-refractivity contribution in [2.24, 2.45) is 0 Å². The summed E-state index contributed by atoms with van der Waals surface area (Å²) < 4.78 is 5.29. The SMILES string of the molecule is O=C(CCl)Cc1ccccc1COC(=O)c1ccccc1. The molecule has 0 aliphatic rings. The minimum atomic E-state index is -0.380. The lowest BCUT2D eigenvalue weighted by Gasteiger charge is -2.09. The molecule has 3 nitrogen and oxygen atoms in total. The van der Waals surface area contributed by atoms with Crippen LogP contribution in [0.3, 0.4) is 0 Å². The lowest BCUT2D eigenvalue weighted by molar-refractivity contribution is -0.116. The van der Waals surface area contributed by atoms with E-state index < -0.39 is 0 Å². The van der Waals surface area contributed by atoms with Crippen LogP contribution >= 0.6 is 11.6 Å². The average molecular weight is 303 g/mol. The molecule has 2 aromatic rings. The molecule has 0 unspecified atom stereocenters. The minimum absolute atomic E-state index is 0.0157. The number of ether oxygens (including phenoxy) is 1. The Bertz CT molecular complexity index is 623. The number of hydrogen-bond acceptors (Lipinski definition) is 3. The highest BCUT2D eigenvalue weighted by Crippen LogP contribution is 2.13. The molecule has 4 heteroatoms. The van der Waals surface area contributed by atoms with Crippen molar-refractivity contribution in [3.8, 4) is 0 Å². The Morgan fingerprint density at radius 2 is 1.52 bits per heavy atom. The summed E-state index contributed by atoms with van der Waals surface area (Å²) in [5, 5.41) is 0. The second-order valence-corrected chi connectivity index (χ2v) is 4.83. The van der Waals surface area contributed by atoms with Crippen LogP contribution in [-0.4, -0.2) is 17.6 Å². The molecule has 2 aromatic carbocycles. The number of rotatable bonds is 6. The topological polar surface area (TPSA) is 43.4 Å². The largest absolute Gasteiger partial charge is 0.457 e. The average Bonchev–Trinajstić information content (AvgIpc) is 2.54. The van der Waals surface area contributed by atoms with E-state index in [4.69, 9.17) is 16.3 Å². The molecule has 21 heavy (non-hydrogen) atoms. The van der Waals surface area contributed by atoms with Crippen LogP contribution in [0.1, 0.15) is 21.5 Å². The first-order valence-electron chi connectivity index (χ1n) is 6.57. The Balaban J connectivity index is 2.03. The van der Waals surface area contributed by atoms with Gasteiger partial charge in [-0.2, -0.15) is 0 Å². The first kappa shape index (κ1) is 15.3. The van der Waals surface area contributed by atoms with Crippen LogP contribution in [-0.2, 0) is 22.6 Å². The number of halogens is 1. The summed E-state index contributed by atoms with van der Waals surface area (Å²) >= 11 is 5.53. The van der Waals surface area contributed by atoms with Crippen molar-refractivity contribution in [3.05, 3.63) is 71.3 Å². The number of carbonyl (C=O) groups is 2. The number of alkyl halides is 1. The number of hydrogen-bond donors (Lipinski definition) is 0. The van der Waals surface area contributed by atoms with Crippen molar-refractivity contribution in [3.63, 3.8) is 0 Å². The lowest BCUT2D eigenvalue weighted by Crippen LogP contribution is -2.09. The molecule has 0 aliphatic carbocycles. The quantitative estimate of drug-likeness (QED) is 0.607. The maximum absolute atomic E-state index is 11.9. The number of ketones is 1. The summed E-state index contributed by atoms with van der Waals surface area (Å²) in [6, 6.07) is 16.2. The zero-order valence-electron chi connectivity index (χ0n) is 11.4. The predicted octanol–water partition coefficient (Wildman–Crippen LogP) is 3.39. The van der Waals surface area contributed by atoms with E-state index in [9.17, 15) is 9.59 Å². The second kappa shape index (κ2) is 7.60. The van der Waals surface area contributed by atoms with Crippen molar-refractivity contribution in [1.29, 1.82) is 0 Å². The number of esters is 1. The molecule has 0 atom stereocenters. The van der Waals surface area contributed by atoms with E-state index in [0.29, 0.717) is 5.56 Å². The molecule has 0 saturated heterocycles. The monoisotopic (exact) mass is 302 g/mol. The molecule has 0 N–H and O–H groups in total. The highest BCUT2D eigenvalue weighted by atomic mass is 35.5. The van der Waals surface area contributed by atoms with Gasteiger partial charge in [0.2, 0.25) is 0 Å². The summed E-state index contributed by atoms with van der Waals surface area (Å²) in [6.07, 6.45) is 0.253. The molecule has 0 spiro atoms. The lowest BCUT2D eigenvalue weighted by atomic mass is 10.0. The van der Waals surface area contributed by atoms with E-state index in [2.05, 4.69) is 0 Å². The van der Waals surface area contributed by atoms with E-state index in [1.54, 1.807) is 24.3 Å². The van der Waals surface area contributed by atoms with Gasteiger partial charge in [-0.1, -0.05) is 42.5 Å². The van der Waals surface area contributed by atoms with Gasteiger partial charge in [0.05, 0.1) is 11.4 Å². The standard InChI is InChI=1S/C17H15ClO3/c18-11-16(19)10-14-8-4-5-9-15(14)12-21-17(20)13-6-2-1-3-7-13/h1-9H,10-12H2. The van der Waals surface area contributed by atoms with Gasteiger partial charge in [0, 0.05) is 6.42 Å². The van der Waals surface area contributed by atoms with Gasteiger partial charge in [0.25, 0.3) is 0 Å². The summed E-state index contributed by atoms with van der Waals surface area (Å²) in [7, 11) is 0. The zero-order chi connectivity index (χ0) is 15.1. The van der Waals surface area contributed by atoms with E-state index in [1.165, 1.54) is 0 Å². The van der Waals surface area contributed by atoms with Crippen molar-refractivity contribution in [2.75, 3.05) is 5.88 Å². The highest BCUT2D eigenvalue weighted by molar-refractivity contribution is 6.27. The maximum Gasteiger partial charge on any atom is 0.338 e. The normalized spacial score (nSPS) is 10.1. The van der Waals surface area contributed by atoms with Gasteiger partial charge < -0.3 is 4.74 Å².